The number of fused-ring (bicyclic) bond motifs is 2. The van der Waals surface area contributed by atoms with E-state index >= 15 is 0 Å². The Kier molecular flexibility index (Phi) is 4.29. The normalized spacial score (nSPS) is 18.4. The molecule has 5 heteroatoms. The molecule has 0 radical (unpaired) electrons. The molecule has 1 heterocycles. The number of nitrogens with zero attached hydrogens (tertiary/aromatic N) is 1. The first kappa shape index (κ1) is 16.5. The zero-order valence-electron chi connectivity index (χ0n) is 14.6. The number of para-hydroxylation sites is 1. The summed E-state index contributed by atoms with van der Waals surface area (Å²) < 4.78 is 5.19. The molecular weight excluding hydrogens is 328 g/mol. The fraction of sp³-hybridized carbons (Fsp3) is 0.286. The molecule has 1 N–H and O–H groups in total. The minimum atomic E-state index is -0.276. The molecule has 2 aliphatic rings. The Balaban J connectivity index is 1.69. The predicted octanol–water partition coefficient (Wildman–Crippen LogP) is 4.41. The summed E-state index contributed by atoms with van der Waals surface area (Å²) >= 11 is 0. The molecule has 1 saturated carbocycles. The van der Waals surface area contributed by atoms with Gasteiger partial charge in [0.15, 0.2) is 5.78 Å². The molecule has 1 amide bonds. The minimum absolute atomic E-state index is 0.0979. The van der Waals surface area contributed by atoms with Gasteiger partial charge >= 0.3 is 0 Å². The van der Waals surface area contributed by atoms with Gasteiger partial charge in [-0.2, -0.15) is 0 Å². The Morgan fingerprint density at radius 3 is 2.88 bits per heavy atom. The maximum atomic E-state index is 12.8. The molecule has 1 fully saturated rings. The fourth-order valence-electron chi connectivity index (χ4n) is 3.69. The number of anilines is 1. The molecule has 2 aromatic rings. The summed E-state index contributed by atoms with van der Waals surface area (Å²) in [6.45, 7) is 0. The van der Waals surface area contributed by atoms with Crippen LogP contribution in [0.1, 0.15) is 46.4 Å². The van der Waals surface area contributed by atoms with Gasteiger partial charge in [0, 0.05) is 23.0 Å². The molecule has 2 aromatic carbocycles. The molecule has 0 bridgehead atoms. The third-order valence-electron chi connectivity index (χ3n) is 5.02. The van der Waals surface area contributed by atoms with Gasteiger partial charge in [-0.15, -0.1) is 0 Å². The number of ketones is 1. The number of hydrogen-bond donors (Lipinski definition) is 1. The van der Waals surface area contributed by atoms with Crippen LogP contribution in [0, 0.1) is 5.92 Å². The van der Waals surface area contributed by atoms with Gasteiger partial charge in [0.05, 0.1) is 24.3 Å². The van der Waals surface area contributed by atoms with E-state index in [9.17, 15) is 9.59 Å². The lowest BCUT2D eigenvalue weighted by molar-refractivity contribution is 0.0942. The Bertz CT molecular complexity index is 917. The van der Waals surface area contributed by atoms with Crippen LogP contribution in [0.2, 0.25) is 0 Å². The summed E-state index contributed by atoms with van der Waals surface area (Å²) in [7, 11) is 1.58. The molecule has 26 heavy (non-hydrogen) atoms. The summed E-state index contributed by atoms with van der Waals surface area (Å²) in [5, 5.41) is 2.87. The van der Waals surface area contributed by atoms with Crippen LogP contribution in [-0.4, -0.2) is 24.5 Å². The van der Waals surface area contributed by atoms with Gasteiger partial charge in [0.25, 0.3) is 5.91 Å². The van der Waals surface area contributed by atoms with Crippen molar-refractivity contribution in [2.24, 2.45) is 10.9 Å². The van der Waals surface area contributed by atoms with Crippen LogP contribution in [0.5, 0.6) is 5.75 Å². The summed E-state index contributed by atoms with van der Waals surface area (Å²) in [4.78, 5) is 30.4. The van der Waals surface area contributed by atoms with Crippen molar-refractivity contribution < 1.29 is 14.3 Å². The maximum absolute atomic E-state index is 12.8. The SMILES string of the molecule is COc1cccc(NC(=O)c2cccc3c2N=C2CCCCC2C3=O)c1. The van der Waals surface area contributed by atoms with Crippen molar-refractivity contribution >= 4 is 28.8 Å². The van der Waals surface area contributed by atoms with Gasteiger partial charge in [-0.25, -0.2) is 0 Å². The monoisotopic (exact) mass is 348 g/mol. The van der Waals surface area contributed by atoms with Crippen LogP contribution < -0.4 is 10.1 Å². The smallest absolute Gasteiger partial charge is 0.257 e. The average Bonchev–Trinajstić information content (AvgIpc) is 2.68. The lowest BCUT2D eigenvalue weighted by atomic mass is 9.79. The number of nitrogens with one attached hydrogen (secondary N) is 1. The van der Waals surface area contributed by atoms with Gasteiger partial charge in [-0.3, -0.25) is 14.6 Å². The molecule has 1 atom stereocenters. The topological polar surface area (TPSA) is 67.8 Å². The summed E-state index contributed by atoms with van der Waals surface area (Å²) in [5.74, 6) is 0.383. The summed E-state index contributed by atoms with van der Waals surface area (Å²) in [6, 6.07) is 12.4. The van der Waals surface area contributed by atoms with E-state index in [1.165, 1.54) is 0 Å². The first-order valence-electron chi connectivity index (χ1n) is 8.87. The number of amides is 1. The number of rotatable bonds is 3. The van der Waals surface area contributed by atoms with Crippen LogP contribution in [0.15, 0.2) is 47.5 Å². The van der Waals surface area contributed by atoms with E-state index in [2.05, 4.69) is 5.32 Å². The minimum Gasteiger partial charge on any atom is -0.497 e. The van der Waals surface area contributed by atoms with E-state index in [-0.39, 0.29) is 17.6 Å². The van der Waals surface area contributed by atoms with Gasteiger partial charge in [0.2, 0.25) is 0 Å². The molecule has 0 aromatic heterocycles. The number of methoxy groups -OCH3 is 1. The Labute approximate surface area is 152 Å². The quantitative estimate of drug-likeness (QED) is 0.893. The lowest BCUT2D eigenvalue weighted by Crippen LogP contribution is -2.31. The van der Waals surface area contributed by atoms with E-state index < -0.39 is 0 Å². The van der Waals surface area contributed by atoms with Gasteiger partial charge < -0.3 is 10.1 Å². The zero-order valence-corrected chi connectivity index (χ0v) is 14.6. The van der Waals surface area contributed by atoms with Crippen molar-refractivity contribution in [1.29, 1.82) is 0 Å². The van der Waals surface area contributed by atoms with Gasteiger partial charge in [-0.05, 0) is 43.5 Å². The van der Waals surface area contributed by atoms with Crippen molar-refractivity contribution in [3.63, 3.8) is 0 Å². The van der Waals surface area contributed by atoms with Crippen LogP contribution in [-0.2, 0) is 0 Å². The Morgan fingerprint density at radius 1 is 1.19 bits per heavy atom. The molecule has 132 valence electrons. The largest absolute Gasteiger partial charge is 0.497 e. The highest BCUT2D eigenvalue weighted by atomic mass is 16.5. The number of hydrogen-bond acceptors (Lipinski definition) is 4. The number of benzene rings is 2. The lowest BCUT2D eigenvalue weighted by Gasteiger charge is -2.28. The summed E-state index contributed by atoms with van der Waals surface area (Å²) in [5.41, 5.74) is 3.05. The highest BCUT2D eigenvalue weighted by Crippen LogP contribution is 2.37. The summed E-state index contributed by atoms with van der Waals surface area (Å²) in [6.07, 6.45) is 3.80. The van der Waals surface area contributed by atoms with Crippen LogP contribution in [0.4, 0.5) is 11.4 Å². The molecular formula is C21H20N2O3. The van der Waals surface area contributed by atoms with E-state index in [1.54, 1.807) is 37.4 Å². The van der Waals surface area contributed by atoms with Crippen molar-refractivity contribution in [3.05, 3.63) is 53.6 Å². The second-order valence-electron chi connectivity index (χ2n) is 6.65. The predicted molar refractivity (Wildman–Crippen MR) is 101 cm³/mol. The zero-order chi connectivity index (χ0) is 18.1. The molecule has 0 spiro atoms. The highest BCUT2D eigenvalue weighted by molar-refractivity contribution is 6.21. The third-order valence-corrected chi connectivity index (χ3v) is 5.02. The van der Waals surface area contributed by atoms with Crippen LogP contribution >= 0.6 is 0 Å². The Morgan fingerprint density at radius 2 is 2.04 bits per heavy atom. The molecule has 1 aliphatic heterocycles. The molecule has 0 saturated heterocycles. The third kappa shape index (κ3) is 2.90. The van der Waals surface area contributed by atoms with E-state index in [0.717, 1.165) is 31.4 Å². The highest BCUT2D eigenvalue weighted by Gasteiger charge is 2.34. The second kappa shape index (κ2) is 6.75. The first-order valence-corrected chi connectivity index (χ1v) is 8.87. The van der Waals surface area contributed by atoms with E-state index in [1.807, 2.05) is 12.1 Å². The standard InChI is InChI=1S/C21H20N2O3/c1-26-14-7-4-6-13(12-14)22-21(25)17-10-5-9-16-19(17)23-18-11-3-2-8-15(18)20(16)24/h4-7,9-10,12,15H,2-3,8,11H2,1H3,(H,22,25). The number of ether oxygens (including phenoxy) is 1. The van der Waals surface area contributed by atoms with Crippen molar-refractivity contribution in [1.82, 2.24) is 0 Å². The number of aliphatic imine (C=N–C) groups is 1. The van der Waals surface area contributed by atoms with Crippen molar-refractivity contribution in [3.8, 4) is 5.75 Å². The van der Waals surface area contributed by atoms with Crippen LogP contribution in [0.25, 0.3) is 0 Å². The van der Waals surface area contributed by atoms with Crippen LogP contribution in [0.3, 0.4) is 0 Å². The number of carbonyl (C=O) groups is 2. The van der Waals surface area contributed by atoms with Gasteiger partial charge in [0.1, 0.15) is 5.75 Å². The average molecular weight is 348 g/mol. The molecule has 1 aliphatic carbocycles. The maximum Gasteiger partial charge on any atom is 0.257 e. The van der Waals surface area contributed by atoms with Crippen molar-refractivity contribution in [2.75, 3.05) is 12.4 Å². The molecule has 1 unspecified atom stereocenters. The fourth-order valence-corrected chi connectivity index (χ4v) is 3.69. The van der Waals surface area contributed by atoms with Gasteiger partial charge in [-0.1, -0.05) is 18.6 Å². The Hall–Kier alpha value is -2.95. The second-order valence-corrected chi connectivity index (χ2v) is 6.65. The van der Waals surface area contributed by atoms with E-state index in [4.69, 9.17) is 9.73 Å². The van der Waals surface area contributed by atoms with Crippen molar-refractivity contribution in [2.45, 2.75) is 25.7 Å². The molecule has 5 nitrogen and oxygen atoms in total. The number of Topliss-reactive ketones (excluding diaryl/α,β-unsaturated/α-hetero) is 1. The first-order chi connectivity index (χ1) is 12.7. The molecule has 4 rings (SSSR count). The van der Waals surface area contributed by atoms with E-state index in [0.29, 0.717) is 28.3 Å². The number of carbonyl (C=O) groups excluding carboxylic acids is 2.